The van der Waals surface area contributed by atoms with E-state index in [0.29, 0.717) is 25.9 Å². The Balaban J connectivity index is 1.36. The Hall–Kier alpha value is -1.90. The Morgan fingerprint density at radius 2 is 1.80 bits per heavy atom. The minimum Gasteiger partial charge on any atom is -0.431 e. The maximum absolute atomic E-state index is 12.3. The molecule has 0 saturated heterocycles. The Morgan fingerprint density at radius 3 is 2.51 bits per heavy atom. The fourth-order valence-electron chi connectivity index (χ4n) is 8.87. The quantitative estimate of drug-likeness (QED) is 0.443. The van der Waals surface area contributed by atoms with Gasteiger partial charge in [-0.2, -0.15) is 0 Å². The molecule has 0 unspecified atom stereocenters. The number of hydrogen-bond acceptors (Lipinski definition) is 6. The highest BCUT2D eigenvalue weighted by Crippen LogP contribution is 2.71. The summed E-state index contributed by atoms with van der Waals surface area (Å²) in [6, 6.07) is 3.05. The lowest BCUT2D eigenvalue weighted by Gasteiger charge is -2.66. The van der Waals surface area contributed by atoms with Crippen molar-refractivity contribution in [3.63, 3.8) is 0 Å². The number of urea groups is 1. The topological polar surface area (TPSA) is 138 Å². The number of nitrogens with one attached hydrogen (secondary N) is 2. The number of carbonyl (C=O) groups excluding carboxylic acids is 1. The third-order valence-electron chi connectivity index (χ3n) is 10.9. The molecule has 4 aliphatic rings. The number of amides is 2. The predicted molar refractivity (Wildman–Crippen MR) is 132 cm³/mol. The zero-order valence-electron chi connectivity index (χ0n) is 21.0. The van der Waals surface area contributed by atoms with Gasteiger partial charge in [0.2, 0.25) is 0 Å². The smallest absolute Gasteiger partial charge is 0.335 e. The van der Waals surface area contributed by atoms with Crippen LogP contribution >= 0.6 is 0 Å². The van der Waals surface area contributed by atoms with Gasteiger partial charge in [0.05, 0.1) is 17.5 Å². The van der Waals surface area contributed by atoms with Crippen LogP contribution in [-0.4, -0.2) is 46.6 Å². The first kappa shape index (κ1) is 24.8. The summed E-state index contributed by atoms with van der Waals surface area (Å²) in [4.78, 5) is 23.7. The molecule has 0 aromatic carbocycles. The average Bonchev–Trinajstić information content (AvgIpc) is 3.10. The van der Waals surface area contributed by atoms with Gasteiger partial charge in [-0.25, -0.2) is 9.59 Å². The molecule has 2 amide bonds. The van der Waals surface area contributed by atoms with Crippen LogP contribution in [0.5, 0.6) is 0 Å². The third-order valence-corrected chi connectivity index (χ3v) is 10.9. The van der Waals surface area contributed by atoms with Crippen LogP contribution in [0.4, 0.5) is 4.79 Å². The van der Waals surface area contributed by atoms with Gasteiger partial charge in [0, 0.05) is 30.6 Å². The van der Waals surface area contributed by atoms with Gasteiger partial charge in [0.1, 0.15) is 0 Å². The second-order valence-corrected chi connectivity index (χ2v) is 12.2. The highest BCUT2D eigenvalue weighted by atomic mass is 16.4. The van der Waals surface area contributed by atoms with Crippen molar-refractivity contribution in [3.8, 4) is 0 Å². The molecule has 8 heteroatoms. The largest absolute Gasteiger partial charge is 0.431 e. The van der Waals surface area contributed by atoms with Crippen LogP contribution in [0.1, 0.15) is 83.1 Å². The van der Waals surface area contributed by atoms with E-state index >= 15 is 0 Å². The Bertz CT molecular complexity index is 1010. The first-order chi connectivity index (χ1) is 16.6. The van der Waals surface area contributed by atoms with E-state index in [4.69, 9.17) is 10.2 Å². The van der Waals surface area contributed by atoms with Gasteiger partial charge in [-0.05, 0) is 92.6 Å². The highest BCUT2D eigenvalue weighted by Gasteiger charge is 2.69. The molecule has 6 N–H and O–H groups in total. The van der Waals surface area contributed by atoms with E-state index in [1.807, 2.05) is 6.07 Å². The summed E-state index contributed by atoms with van der Waals surface area (Å²) in [6.07, 6.45) is 8.63. The van der Waals surface area contributed by atoms with Crippen LogP contribution < -0.4 is 22.0 Å². The van der Waals surface area contributed by atoms with Gasteiger partial charge in [-0.1, -0.05) is 13.8 Å². The van der Waals surface area contributed by atoms with Crippen molar-refractivity contribution >= 4 is 6.03 Å². The first-order valence-corrected chi connectivity index (χ1v) is 13.3. The van der Waals surface area contributed by atoms with Crippen LogP contribution in [-0.2, 0) is 0 Å². The van der Waals surface area contributed by atoms with E-state index < -0.39 is 11.2 Å². The number of carbonyl (C=O) groups is 1. The second-order valence-electron chi connectivity index (χ2n) is 12.2. The molecular weight excluding hydrogens is 446 g/mol. The van der Waals surface area contributed by atoms with Crippen molar-refractivity contribution in [1.29, 1.82) is 0 Å². The van der Waals surface area contributed by atoms with E-state index in [-0.39, 0.29) is 46.3 Å². The summed E-state index contributed by atoms with van der Waals surface area (Å²) in [7, 11) is 0. The van der Waals surface area contributed by atoms with Gasteiger partial charge in [-0.3, -0.25) is 0 Å². The van der Waals surface area contributed by atoms with Crippen molar-refractivity contribution in [2.24, 2.45) is 28.4 Å². The SMILES string of the molecule is C[C@]12CC[C@H](NC(=O)NCCN)C[C@@]1(O)CC[C@@H]1[C@@H]2CC[C@]2(C)[C@@H](c3ccc(=O)oc3)CC[C@]12O. The van der Waals surface area contributed by atoms with Crippen molar-refractivity contribution in [1.82, 2.24) is 10.6 Å². The molecule has 4 aliphatic carbocycles. The molecule has 4 saturated carbocycles. The molecule has 194 valence electrons. The van der Waals surface area contributed by atoms with Crippen LogP contribution in [0.15, 0.2) is 27.6 Å². The van der Waals surface area contributed by atoms with Crippen molar-refractivity contribution in [2.45, 2.75) is 94.8 Å². The molecule has 1 aromatic rings. The molecule has 35 heavy (non-hydrogen) atoms. The van der Waals surface area contributed by atoms with E-state index in [1.165, 1.54) is 6.07 Å². The molecule has 8 nitrogen and oxygen atoms in total. The van der Waals surface area contributed by atoms with Crippen molar-refractivity contribution in [2.75, 3.05) is 13.1 Å². The Kier molecular flexibility index (Phi) is 6.09. The van der Waals surface area contributed by atoms with Gasteiger partial charge >= 0.3 is 11.7 Å². The molecule has 1 heterocycles. The van der Waals surface area contributed by atoms with Crippen molar-refractivity contribution < 1.29 is 19.4 Å². The minimum atomic E-state index is -0.858. The second kappa shape index (κ2) is 8.60. The average molecular weight is 488 g/mol. The number of rotatable bonds is 4. The summed E-state index contributed by atoms with van der Waals surface area (Å²) in [5, 5.41) is 30.1. The van der Waals surface area contributed by atoms with Gasteiger partial charge in [0.15, 0.2) is 0 Å². The summed E-state index contributed by atoms with van der Waals surface area (Å²) in [6.45, 7) is 5.26. The fourth-order valence-corrected chi connectivity index (χ4v) is 8.87. The van der Waals surface area contributed by atoms with Crippen LogP contribution in [0.25, 0.3) is 0 Å². The zero-order valence-corrected chi connectivity index (χ0v) is 21.0. The molecule has 0 radical (unpaired) electrons. The first-order valence-electron chi connectivity index (χ1n) is 13.3. The Labute approximate surface area is 207 Å². The lowest BCUT2D eigenvalue weighted by molar-refractivity contribution is -0.247. The maximum atomic E-state index is 12.3. The fraction of sp³-hybridized carbons (Fsp3) is 0.778. The van der Waals surface area contributed by atoms with Crippen LogP contribution in [0.3, 0.4) is 0 Å². The van der Waals surface area contributed by atoms with E-state index in [0.717, 1.165) is 50.5 Å². The van der Waals surface area contributed by atoms with Gasteiger partial charge in [0.25, 0.3) is 0 Å². The van der Waals surface area contributed by atoms with Gasteiger partial charge in [-0.15, -0.1) is 0 Å². The number of nitrogens with two attached hydrogens (primary N) is 1. The molecule has 8 atom stereocenters. The normalized spacial score (nSPS) is 44.6. The lowest BCUT2D eigenvalue weighted by atomic mass is 9.42. The summed E-state index contributed by atoms with van der Waals surface area (Å²) in [5.74, 6) is 0.516. The molecule has 0 bridgehead atoms. The molecular formula is C27H41N3O5. The van der Waals surface area contributed by atoms with Gasteiger partial charge < -0.3 is 31.0 Å². The predicted octanol–water partition coefficient (Wildman–Crippen LogP) is 2.62. The highest BCUT2D eigenvalue weighted by molar-refractivity contribution is 5.74. The summed E-state index contributed by atoms with van der Waals surface area (Å²) < 4.78 is 5.18. The van der Waals surface area contributed by atoms with E-state index in [9.17, 15) is 19.8 Å². The lowest BCUT2D eigenvalue weighted by Crippen LogP contribution is -2.68. The number of fused-ring (bicyclic) bond motifs is 5. The molecule has 4 fully saturated rings. The summed E-state index contributed by atoms with van der Waals surface area (Å²) in [5.41, 5.74) is 3.88. The van der Waals surface area contributed by atoms with Crippen LogP contribution in [0.2, 0.25) is 0 Å². The third kappa shape index (κ3) is 3.66. The molecule has 0 spiro atoms. The minimum absolute atomic E-state index is 0.0667. The number of aliphatic hydroxyl groups is 2. The monoisotopic (exact) mass is 487 g/mol. The van der Waals surface area contributed by atoms with Crippen LogP contribution in [0, 0.1) is 22.7 Å². The van der Waals surface area contributed by atoms with Crippen molar-refractivity contribution in [3.05, 3.63) is 34.4 Å². The van der Waals surface area contributed by atoms with E-state index in [1.54, 1.807) is 6.26 Å². The Morgan fingerprint density at radius 1 is 1.06 bits per heavy atom. The standard InChI is InChI=1S/C27H41N3O5/c1-24-9-5-18(30-23(32)29-14-13-28)15-26(24,33)11-7-21-20(24)6-10-25(2)19(8-12-27(21,25)34)17-3-4-22(31)35-16-17/h3-4,16,18-21,33-34H,5-15,28H2,1-2H3,(H2,29,30,32)/t18-,19+,20-,21+,24+,25+,26-,27-/m0/s1. The molecule has 0 aliphatic heterocycles. The summed E-state index contributed by atoms with van der Waals surface area (Å²) >= 11 is 0. The molecule has 1 aromatic heterocycles. The zero-order chi connectivity index (χ0) is 25.1. The maximum Gasteiger partial charge on any atom is 0.335 e. The van der Waals surface area contributed by atoms with E-state index in [2.05, 4.69) is 24.5 Å². The molecule has 5 rings (SSSR count). The number of hydrogen-bond donors (Lipinski definition) is 5.